The molecular formula is C16H17FN4O2S. The highest BCUT2D eigenvalue weighted by atomic mass is 32.1. The minimum absolute atomic E-state index is 0.196. The first-order valence-electron chi connectivity index (χ1n) is 7.61. The van der Waals surface area contributed by atoms with Crippen molar-refractivity contribution in [2.75, 3.05) is 18.0 Å². The fraction of sp³-hybridized carbons (Fsp3) is 0.312. The van der Waals surface area contributed by atoms with E-state index in [1.165, 1.54) is 36.1 Å². The van der Waals surface area contributed by atoms with Crippen LogP contribution in [0.3, 0.4) is 0 Å². The Hall–Kier alpha value is -2.48. The number of anilines is 1. The summed E-state index contributed by atoms with van der Waals surface area (Å²) in [6.07, 6.45) is 4.91. The van der Waals surface area contributed by atoms with Gasteiger partial charge in [0, 0.05) is 18.7 Å². The molecule has 0 atom stereocenters. The molecule has 3 N–H and O–H groups in total. The standard InChI is InChI=1S/C16H17FN4O2S/c17-11-8-10(14(18)19)4-5-12(11)23-15(22)13-9-20-16(24-13)21-6-2-1-3-7-21/h4-5,8-9H,1-3,6-7H2,(H3,18,19). The number of benzene rings is 1. The number of nitrogens with zero attached hydrogens (tertiary/aromatic N) is 2. The Morgan fingerprint density at radius 2 is 2.08 bits per heavy atom. The van der Waals surface area contributed by atoms with Gasteiger partial charge in [0.05, 0.1) is 6.20 Å². The highest BCUT2D eigenvalue weighted by Crippen LogP contribution is 2.27. The van der Waals surface area contributed by atoms with Gasteiger partial charge in [-0.25, -0.2) is 14.2 Å². The number of hydrogen-bond acceptors (Lipinski definition) is 6. The summed E-state index contributed by atoms with van der Waals surface area (Å²) < 4.78 is 19.0. The van der Waals surface area contributed by atoms with Crippen LogP contribution in [-0.2, 0) is 0 Å². The molecule has 3 rings (SSSR count). The molecule has 1 aliphatic rings. The predicted octanol–water partition coefficient (Wildman–Crippen LogP) is 2.78. The number of hydrogen-bond donors (Lipinski definition) is 2. The molecule has 1 aromatic carbocycles. The summed E-state index contributed by atoms with van der Waals surface area (Å²) in [4.78, 5) is 18.9. The number of thiazole rings is 1. The molecule has 0 radical (unpaired) electrons. The Balaban J connectivity index is 1.71. The predicted molar refractivity (Wildman–Crippen MR) is 90.6 cm³/mol. The number of esters is 1. The van der Waals surface area contributed by atoms with Gasteiger partial charge >= 0.3 is 5.97 Å². The third-order valence-electron chi connectivity index (χ3n) is 3.77. The van der Waals surface area contributed by atoms with E-state index in [9.17, 15) is 9.18 Å². The van der Waals surface area contributed by atoms with E-state index < -0.39 is 11.8 Å². The first-order chi connectivity index (χ1) is 11.5. The minimum atomic E-state index is -0.739. The number of aromatic nitrogens is 1. The summed E-state index contributed by atoms with van der Waals surface area (Å²) in [5, 5.41) is 8.06. The second-order valence-corrected chi connectivity index (χ2v) is 6.51. The van der Waals surface area contributed by atoms with Crippen molar-refractivity contribution >= 4 is 28.3 Å². The Labute approximate surface area is 142 Å². The van der Waals surface area contributed by atoms with Gasteiger partial charge in [-0.2, -0.15) is 0 Å². The highest BCUT2D eigenvalue weighted by molar-refractivity contribution is 7.17. The normalized spacial score (nSPS) is 14.5. The van der Waals surface area contributed by atoms with E-state index in [2.05, 4.69) is 9.88 Å². The van der Waals surface area contributed by atoms with Gasteiger partial charge in [0.2, 0.25) is 0 Å². The molecule has 0 amide bonds. The first-order valence-corrected chi connectivity index (χ1v) is 8.43. The molecule has 8 heteroatoms. The SMILES string of the molecule is N=C(N)c1ccc(OC(=O)c2cnc(N3CCCCC3)s2)c(F)c1. The maximum atomic E-state index is 13.9. The summed E-state index contributed by atoms with van der Waals surface area (Å²) in [7, 11) is 0. The van der Waals surface area contributed by atoms with Gasteiger partial charge in [0.1, 0.15) is 10.7 Å². The molecule has 0 unspecified atom stereocenters. The van der Waals surface area contributed by atoms with Gasteiger partial charge in [0.25, 0.3) is 0 Å². The second kappa shape index (κ2) is 6.96. The summed E-state index contributed by atoms with van der Waals surface area (Å²) in [5.41, 5.74) is 5.53. The molecule has 6 nitrogen and oxygen atoms in total. The number of amidine groups is 1. The van der Waals surface area contributed by atoms with Crippen LogP contribution in [0.5, 0.6) is 5.75 Å². The molecule has 126 valence electrons. The van der Waals surface area contributed by atoms with Crippen molar-refractivity contribution < 1.29 is 13.9 Å². The van der Waals surface area contributed by atoms with E-state index in [1.54, 1.807) is 0 Å². The average molecular weight is 348 g/mol. The van der Waals surface area contributed by atoms with Crippen molar-refractivity contribution in [3.05, 3.63) is 40.7 Å². The smallest absolute Gasteiger partial charge is 0.355 e. The lowest BCUT2D eigenvalue weighted by atomic mass is 10.1. The van der Waals surface area contributed by atoms with Gasteiger partial charge in [0.15, 0.2) is 16.7 Å². The fourth-order valence-corrected chi connectivity index (χ4v) is 3.34. The molecule has 2 heterocycles. The lowest BCUT2D eigenvalue weighted by Crippen LogP contribution is -2.29. The molecule has 0 aliphatic carbocycles. The summed E-state index contributed by atoms with van der Waals surface area (Å²) in [5.74, 6) is -1.83. The summed E-state index contributed by atoms with van der Waals surface area (Å²) in [6.45, 7) is 1.87. The van der Waals surface area contributed by atoms with Crippen LogP contribution in [-0.4, -0.2) is 29.9 Å². The molecule has 0 bridgehead atoms. The van der Waals surface area contributed by atoms with E-state index in [-0.39, 0.29) is 17.1 Å². The van der Waals surface area contributed by atoms with Crippen molar-refractivity contribution in [2.24, 2.45) is 5.73 Å². The van der Waals surface area contributed by atoms with Crippen molar-refractivity contribution in [3.8, 4) is 5.75 Å². The van der Waals surface area contributed by atoms with Crippen LogP contribution < -0.4 is 15.4 Å². The monoisotopic (exact) mass is 348 g/mol. The van der Waals surface area contributed by atoms with E-state index in [1.807, 2.05) is 0 Å². The molecular weight excluding hydrogens is 331 g/mol. The number of nitrogens with one attached hydrogen (secondary N) is 1. The number of nitrogen functional groups attached to an aromatic ring is 1. The van der Waals surface area contributed by atoms with Crippen LogP contribution in [0, 0.1) is 11.2 Å². The molecule has 1 aliphatic heterocycles. The fourth-order valence-electron chi connectivity index (χ4n) is 2.49. The van der Waals surface area contributed by atoms with Crippen molar-refractivity contribution in [1.82, 2.24) is 4.98 Å². The van der Waals surface area contributed by atoms with Gasteiger partial charge in [-0.05, 0) is 37.5 Å². The topological polar surface area (TPSA) is 92.3 Å². The average Bonchev–Trinajstić information content (AvgIpc) is 3.07. The van der Waals surface area contributed by atoms with Gasteiger partial charge in [-0.3, -0.25) is 5.41 Å². The van der Waals surface area contributed by atoms with Crippen LogP contribution in [0.1, 0.15) is 34.5 Å². The number of rotatable bonds is 4. The van der Waals surface area contributed by atoms with Gasteiger partial charge in [-0.15, -0.1) is 0 Å². The zero-order valence-electron chi connectivity index (χ0n) is 12.9. The molecule has 0 saturated carbocycles. The minimum Gasteiger partial charge on any atom is -0.419 e. The van der Waals surface area contributed by atoms with Crippen molar-refractivity contribution in [3.63, 3.8) is 0 Å². The zero-order valence-corrected chi connectivity index (χ0v) is 13.7. The molecule has 1 aromatic heterocycles. The van der Waals surface area contributed by atoms with Crippen molar-refractivity contribution in [2.45, 2.75) is 19.3 Å². The van der Waals surface area contributed by atoms with E-state index in [0.717, 1.165) is 37.1 Å². The second-order valence-electron chi connectivity index (χ2n) is 5.50. The van der Waals surface area contributed by atoms with E-state index in [4.69, 9.17) is 15.9 Å². The van der Waals surface area contributed by atoms with E-state index in [0.29, 0.717) is 4.88 Å². The third-order valence-corrected chi connectivity index (χ3v) is 4.80. The quantitative estimate of drug-likeness (QED) is 0.384. The maximum Gasteiger partial charge on any atom is 0.355 e. The largest absolute Gasteiger partial charge is 0.419 e. The Morgan fingerprint density at radius 3 is 2.75 bits per heavy atom. The molecule has 0 spiro atoms. The molecule has 1 fully saturated rings. The highest BCUT2D eigenvalue weighted by Gasteiger charge is 2.19. The van der Waals surface area contributed by atoms with Crippen LogP contribution in [0.4, 0.5) is 9.52 Å². The molecule has 24 heavy (non-hydrogen) atoms. The van der Waals surface area contributed by atoms with Crippen LogP contribution in [0.2, 0.25) is 0 Å². The van der Waals surface area contributed by atoms with Gasteiger partial charge in [-0.1, -0.05) is 11.3 Å². The Bertz CT molecular complexity index is 771. The number of nitrogens with two attached hydrogens (primary N) is 1. The molecule has 2 aromatic rings. The lowest BCUT2D eigenvalue weighted by Gasteiger charge is -2.25. The Kier molecular flexibility index (Phi) is 4.75. The van der Waals surface area contributed by atoms with Crippen molar-refractivity contribution in [1.29, 1.82) is 5.41 Å². The number of ether oxygens (including phenoxy) is 1. The molecule has 1 saturated heterocycles. The van der Waals surface area contributed by atoms with E-state index >= 15 is 0 Å². The number of carbonyl (C=O) groups excluding carboxylic acids is 1. The lowest BCUT2D eigenvalue weighted by molar-refractivity contribution is 0.0732. The summed E-state index contributed by atoms with van der Waals surface area (Å²) in [6, 6.07) is 3.78. The Morgan fingerprint density at radius 1 is 1.33 bits per heavy atom. The third kappa shape index (κ3) is 3.53. The van der Waals surface area contributed by atoms with Crippen LogP contribution in [0.15, 0.2) is 24.4 Å². The first kappa shape index (κ1) is 16.4. The summed E-state index contributed by atoms with van der Waals surface area (Å²) >= 11 is 1.24. The number of carbonyl (C=O) groups is 1. The van der Waals surface area contributed by atoms with Crippen LogP contribution in [0.25, 0.3) is 0 Å². The number of halogens is 1. The van der Waals surface area contributed by atoms with Gasteiger partial charge < -0.3 is 15.4 Å². The number of piperidine rings is 1. The zero-order chi connectivity index (χ0) is 17.1. The maximum absolute atomic E-state index is 13.9. The van der Waals surface area contributed by atoms with Crippen LogP contribution >= 0.6 is 11.3 Å².